The van der Waals surface area contributed by atoms with Crippen LogP contribution < -0.4 is 10.6 Å². The highest BCUT2D eigenvalue weighted by atomic mass is 16.6. The van der Waals surface area contributed by atoms with Crippen LogP contribution in [-0.2, 0) is 4.74 Å². The first-order chi connectivity index (χ1) is 7.40. The number of alkyl carbamates (subject to hydrolysis) is 1. The van der Waals surface area contributed by atoms with E-state index in [2.05, 4.69) is 10.6 Å². The molecule has 1 amide bonds. The summed E-state index contributed by atoms with van der Waals surface area (Å²) in [6.07, 6.45) is 4.11. The molecule has 94 valence electrons. The molecule has 2 N–H and O–H groups in total. The minimum Gasteiger partial charge on any atom is -0.444 e. The Hall–Kier alpha value is -0.770. The van der Waals surface area contributed by atoms with Gasteiger partial charge in [-0.1, -0.05) is 0 Å². The molecule has 1 rings (SSSR count). The van der Waals surface area contributed by atoms with Crippen molar-refractivity contribution in [1.29, 1.82) is 0 Å². The molecule has 4 nitrogen and oxygen atoms in total. The van der Waals surface area contributed by atoms with Crippen LogP contribution in [0, 0.1) is 0 Å². The van der Waals surface area contributed by atoms with Crippen molar-refractivity contribution >= 4 is 6.09 Å². The fourth-order valence-corrected chi connectivity index (χ4v) is 2.06. The molecule has 1 aliphatic rings. The van der Waals surface area contributed by atoms with E-state index in [1.807, 2.05) is 27.8 Å². The van der Waals surface area contributed by atoms with Gasteiger partial charge >= 0.3 is 6.09 Å². The van der Waals surface area contributed by atoms with E-state index in [1.54, 1.807) is 0 Å². The Balaban J connectivity index is 2.33. The quantitative estimate of drug-likeness (QED) is 0.760. The summed E-state index contributed by atoms with van der Waals surface area (Å²) < 4.78 is 5.24. The van der Waals surface area contributed by atoms with Gasteiger partial charge in [0.25, 0.3) is 0 Å². The zero-order valence-electron chi connectivity index (χ0n) is 10.8. The van der Waals surface area contributed by atoms with Crippen molar-refractivity contribution < 1.29 is 9.53 Å². The fraction of sp³-hybridized carbons (Fsp3) is 0.917. The van der Waals surface area contributed by atoms with Gasteiger partial charge in [0, 0.05) is 12.1 Å². The Morgan fingerprint density at radius 2 is 1.88 bits per heavy atom. The SMILES string of the molecule is CN[C@@H]1CCC[C@H](NC(=O)OC(C)(C)C)C1. The number of carbonyl (C=O) groups is 1. The van der Waals surface area contributed by atoms with Crippen LogP contribution in [0.2, 0.25) is 0 Å². The second-order valence-corrected chi connectivity index (χ2v) is 5.50. The molecule has 1 saturated carbocycles. The van der Waals surface area contributed by atoms with Crippen molar-refractivity contribution in [3.63, 3.8) is 0 Å². The molecule has 0 aromatic carbocycles. The molecule has 0 spiro atoms. The summed E-state index contributed by atoms with van der Waals surface area (Å²) in [6.45, 7) is 5.64. The van der Waals surface area contributed by atoms with Crippen LogP contribution in [0.5, 0.6) is 0 Å². The predicted molar refractivity (Wildman–Crippen MR) is 64.5 cm³/mol. The van der Waals surface area contributed by atoms with E-state index in [0.29, 0.717) is 6.04 Å². The van der Waals surface area contributed by atoms with Gasteiger partial charge in [-0.3, -0.25) is 0 Å². The lowest BCUT2D eigenvalue weighted by molar-refractivity contribution is 0.0489. The maximum atomic E-state index is 11.6. The Kier molecular flexibility index (Phi) is 4.59. The number of amides is 1. The van der Waals surface area contributed by atoms with Gasteiger partial charge in [-0.05, 0) is 53.5 Å². The molecule has 0 saturated heterocycles. The second-order valence-electron chi connectivity index (χ2n) is 5.50. The molecule has 0 heterocycles. The number of carbonyl (C=O) groups excluding carboxylic acids is 1. The molecule has 4 heteroatoms. The summed E-state index contributed by atoms with van der Waals surface area (Å²) in [5.74, 6) is 0. The monoisotopic (exact) mass is 228 g/mol. The largest absolute Gasteiger partial charge is 0.444 e. The molecule has 2 atom stereocenters. The molecule has 1 fully saturated rings. The first-order valence-electron chi connectivity index (χ1n) is 6.07. The van der Waals surface area contributed by atoms with Crippen LogP contribution in [0.4, 0.5) is 4.79 Å². The summed E-state index contributed by atoms with van der Waals surface area (Å²) >= 11 is 0. The minimum absolute atomic E-state index is 0.251. The third kappa shape index (κ3) is 4.84. The standard InChI is InChI=1S/C12H24N2O2/c1-12(2,3)16-11(15)14-10-7-5-6-9(8-10)13-4/h9-10,13H,5-8H2,1-4H3,(H,14,15)/t9-,10+/m1/s1. The zero-order chi connectivity index (χ0) is 12.2. The van der Waals surface area contributed by atoms with Gasteiger partial charge < -0.3 is 15.4 Å². The number of hydrogen-bond acceptors (Lipinski definition) is 3. The van der Waals surface area contributed by atoms with Crippen LogP contribution >= 0.6 is 0 Å². The van der Waals surface area contributed by atoms with Crippen molar-refractivity contribution in [2.45, 2.75) is 64.1 Å². The molecule has 1 aliphatic carbocycles. The molecule has 0 aromatic rings. The lowest BCUT2D eigenvalue weighted by Gasteiger charge is -2.30. The van der Waals surface area contributed by atoms with E-state index in [4.69, 9.17) is 4.74 Å². The molecular formula is C12H24N2O2. The Bertz CT molecular complexity index is 236. The van der Waals surface area contributed by atoms with Crippen LogP contribution in [0.3, 0.4) is 0 Å². The third-order valence-electron chi connectivity index (χ3n) is 2.80. The van der Waals surface area contributed by atoms with Crippen molar-refractivity contribution in [1.82, 2.24) is 10.6 Å². The van der Waals surface area contributed by atoms with E-state index in [1.165, 1.54) is 6.42 Å². The van der Waals surface area contributed by atoms with Crippen molar-refractivity contribution in [2.75, 3.05) is 7.05 Å². The van der Waals surface area contributed by atoms with E-state index in [-0.39, 0.29) is 12.1 Å². The lowest BCUT2D eigenvalue weighted by atomic mass is 9.91. The van der Waals surface area contributed by atoms with Gasteiger partial charge in [-0.25, -0.2) is 4.79 Å². The number of nitrogens with one attached hydrogen (secondary N) is 2. The van der Waals surface area contributed by atoms with Crippen molar-refractivity contribution in [3.05, 3.63) is 0 Å². The van der Waals surface area contributed by atoms with Gasteiger partial charge in [0.05, 0.1) is 0 Å². The molecule has 0 aliphatic heterocycles. The average Bonchev–Trinajstić information content (AvgIpc) is 2.15. The molecular weight excluding hydrogens is 204 g/mol. The predicted octanol–water partition coefficient (Wildman–Crippen LogP) is 2.04. The Morgan fingerprint density at radius 3 is 2.44 bits per heavy atom. The molecule has 0 radical (unpaired) electrons. The summed E-state index contributed by atoms with van der Waals surface area (Å²) in [5.41, 5.74) is -0.416. The van der Waals surface area contributed by atoms with Gasteiger partial charge in [-0.15, -0.1) is 0 Å². The number of ether oxygens (including phenoxy) is 1. The zero-order valence-corrected chi connectivity index (χ0v) is 10.8. The lowest BCUT2D eigenvalue weighted by Crippen LogP contribution is -2.44. The highest BCUT2D eigenvalue weighted by Gasteiger charge is 2.24. The van der Waals surface area contributed by atoms with Gasteiger partial charge in [0.1, 0.15) is 5.60 Å². The number of hydrogen-bond donors (Lipinski definition) is 2. The first-order valence-corrected chi connectivity index (χ1v) is 6.07. The maximum Gasteiger partial charge on any atom is 0.407 e. The summed E-state index contributed by atoms with van der Waals surface area (Å²) in [4.78, 5) is 11.6. The second kappa shape index (κ2) is 5.53. The summed E-state index contributed by atoms with van der Waals surface area (Å²) in [5, 5.41) is 6.20. The minimum atomic E-state index is -0.416. The Labute approximate surface area is 98.1 Å². The van der Waals surface area contributed by atoms with E-state index >= 15 is 0 Å². The van der Waals surface area contributed by atoms with Crippen molar-refractivity contribution in [3.8, 4) is 0 Å². The van der Waals surface area contributed by atoms with E-state index < -0.39 is 5.60 Å². The highest BCUT2D eigenvalue weighted by Crippen LogP contribution is 2.18. The highest BCUT2D eigenvalue weighted by molar-refractivity contribution is 5.68. The first kappa shape index (κ1) is 13.3. The normalized spacial score (nSPS) is 26.2. The Morgan fingerprint density at radius 1 is 1.25 bits per heavy atom. The van der Waals surface area contributed by atoms with Crippen LogP contribution in [-0.4, -0.2) is 30.8 Å². The molecule has 0 bridgehead atoms. The van der Waals surface area contributed by atoms with Gasteiger partial charge in [-0.2, -0.15) is 0 Å². The van der Waals surface area contributed by atoms with Crippen LogP contribution in [0.25, 0.3) is 0 Å². The maximum absolute atomic E-state index is 11.6. The molecule has 0 unspecified atom stereocenters. The summed E-state index contributed by atoms with van der Waals surface area (Å²) in [6, 6.07) is 0.773. The fourth-order valence-electron chi connectivity index (χ4n) is 2.06. The van der Waals surface area contributed by atoms with Crippen LogP contribution in [0.1, 0.15) is 46.5 Å². The topological polar surface area (TPSA) is 50.4 Å². The molecule has 16 heavy (non-hydrogen) atoms. The van der Waals surface area contributed by atoms with Crippen LogP contribution in [0.15, 0.2) is 0 Å². The van der Waals surface area contributed by atoms with E-state index in [9.17, 15) is 4.79 Å². The third-order valence-corrected chi connectivity index (χ3v) is 2.80. The van der Waals surface area contributed by atoms with Crippen molar-refractivity contribution in [2.24, 2.45) is 0 Å². The average molecular weight is 228 g/mol. The molecule has 0 aromatic heterocycles. The summed E-state index contributed by atoms with van der Waals surface area (Å²) in [7, 11) is 1.97. The van der Waals surface area contributed by atoms with E-state index in [0.717, 1.165) is 19.3 Å². The number of rotatable bonds is 2. The smallest absolute Gasteiger partial charge is 0.407 e. The van der Waals surface area contributed by atoms with Gasteiger partial charge in [0.15, 0.2) is 0 Å². The van der Waals surface area contributed by atoms with Gasteiger partial charge in [0.2, 0.25) is 0 Å².